The van der Waals surface area contributed by atoms with Gasteiger partial charge in [-0.3, -0.25) is 14.4 Å². The summed E-state index contributed by atoms with van der Waals surface area (Å²) in [7, 11) is 0. The van der Waals surface area contributed by atoms with E-state index in [2.05, 4.69) is 16.6 Å². The van der Waals surface area contributed by atoms with E-state index < -0.39 is 47.1 Å². The normalized spacial score (nSPS) is 12.9. The number of terminal acetylenes is 1. The summed E-state index contributed by atoms with van der Waals surface area (Å²) in [6.45, 7) is 12.9. The summed E-state index contributed by atoms with van der Waals surface area (Å²) >= 11 is 1.54. The van der Waals surface area contributed by atoms with Gasteiger partial charge in [0.15, 0.2) is 0 Å². The summed E-state index contributed by atoms with van der Waals surface area (Å²) < 4.78 is 10.4. The molecule has 9 nitrogen and oxygen atoms in total. The molecule has 222 valence electrons. The van der Waals surface area contributed by atoms with E-state index >= 15 is 0 Å². The summed E-state index contributed by atoms with van der Waals surface area (Å²) in [5.41, 5.74) is -0.372. The fourth-order valence-corrected chi connectivity index (χ4v) is 4.32. The first-order chi connectivity index (χ1) is 18.7. The molecule has 1 aromatic rings. The van der Waals surface area contributed by atoms with Crippen LogP contribution in [0.2, 0.25) is 0 Å². The van der Waals surface area contributed by atoms with Crippen LogP contribution >= 0.6 is 11.8 Å². The van der Waals surface area contributed by atoms with Crippen molar-refractivity contribution in [3.8, 4) is 12.3 Å². The van der Waals surface area contributed by atoms with E-state index in [9.17, 15) is 19.2 Å². The Labute approximate surface area is 243 Å². The van der Waals surface area contributed by atoms with E-state index in [0.29, 0.717) is 29.7 Å². The standard InChI is InChI=1S/C30H45N3O6S/c1-10-21-13-15-22(16-14-21)25(26(35)31-19-17-24(34)38-12-3)33(30(7,8)11-2)27(36)23(18-20-40-9)32-28(37)39-29(4,5)6/h1,13-16,23,25H,11-12,17-20H2,2-9H3,(H,31,35)(H,32,37). The van der Waals surface area contributed by atoms with Gasteiger partial charge < -0.3 is 25.0 Å². The summed E-state index contributed by atoms with van der Waals surface area (Å²) in [5, 5.41) is 5.53. The molecule has 2 atom stereocenters. The summed E-state index contributed by atoms with van der Waals surface area (Å²) in [5.74, 6) is 1.84. The fraction of sp³-hybridized carbons (Fsp3) is 0.600. The van der Waals surface area contributed by atoms with Crippen LogP contribution in [0.15, 0.2) is 24.3 Å². The number of rotatable bonds is 14. The highest BCUT2D eigenvalue weighted by Crippen LogP contribution is 2.33. The van der Waals surface area contributed by atoms with Crippen molar-refractivity contribution in [1.82, 2.24) is 15.5 Å². The van der Waals surface area contributed by atoms with Crippen molar-refractivity contribution in [1.29, 1.82) is 0 Å². The number of amides is 3. The van der Waals surface area contributed by atoms with Crippen molar-refractivity contribution in [2.75, 3.05) is 25.2 Å². The maximum Gasteiger partial charge on any atom is 0.408 e. The Hall–Kier alpha value is -3.19. The van der Waals surface area contributed by atoms with Gasteiger partial charge in [0.1, 0.15) is 17.7 Å². The van der Waals surface area contributed by atoms with E-state index in [-0.39, 0.29) is 19.6 Å². The molecule has 0 aliphatic heterocycles. The van der Waals surface area contributed by atoms with Gasteiger partial charge in [-0.25, -0.2) is 4.79 Å². The molecule has 0 bridgehead atoms. The van der Waals surface area contributed by atoms with Gasteiger partial charge in [0, 0.05) is 17.6 Å². The van der Waals surface area contributed by atoms with Gasteiger partial charge in [0.05, 0.1) is 13.0 Å². The summed E-state index contributed by atoms with van der Waals surface area (Å²) in [6.07, 6.45) is 7.59. The lowest BCUT2D eigenvalue weighted by atomic mass is 9.91. The number of hydrogen-bond donors (Lipinski definition) is 2. The number of ether oxygens (including phenoxy) is 2. The third-order valence-electron chi connectivity index (χ3n) is 6.19. The second-order valence-electron chi connectivity index (χ2n) is 10.9. The van der Waals surface area contributed by atoms with Crippen molar-refractivity contribution >= 4 is 35.6 Å². The van der Waals surface area contributed by atoms with Gasteiger partial charge >= 0.3 is 12.1 Å². The number of nitrogens with one attached hydrogen (secondary N) is 2. The molecule has 2 unspecified atom stereocenters. The molecule has 1 rings (SSSR count). The smallest absolute Gasteiger partial charge is 0.408 e. The van der Waals surface area contributed by atoms with Crippen LogP contribution in [0.3, 0.4) is 0 Å². The van der Waals surface area contributed by atoms with Gasteiger partial charge in [0.2, 0.25) is 11.8 Å². The Kier molecular flexibility index (Phi) is 14.1. The molecule has 0 saturated carbocycles. The first-order valence-corrected chi connectivity index (χ1v) is 14.9. The minimum absolute atomic E-state index is 0.00992. The van der Waals surface area contributed by atoms with Crippen LogP contribution in [-0.4, -0.2) is 71.1 Å². The average molecular weight is 576 g/mol. The van der Waals surface area contributed by atoms with E-state index in [1.807, 2.05) is 27.0 Å². The van der Waals surface area contributed by atoms with Gasteiger partial charge in [-0.2, -0.15) is 11.8 Å². The number of benzene rings is 1. The molecule has 0 aliphatic rings. The van der Waals surface area contributed by atoms with E-state index in [0.717, 1.165) is 0 Å². The maximum absolute atomic E-state index is 14.3. The van der Waals surface area contributed by atoms with Gasteiger partial charge in [0.25, 0.3) is 0 Å². The molecule has 0 heterocycles. The number of nitrogens with zero attached hydrogens (tertiary/aromatic N) is 1. The maximum atomic E-state index is 14.3. The predicted octanol–water partition coefficient (Wildman–Crippen LogP) is 4.44. The van der Waals surface area contributed by atoms with E-state index in [1.165, 1.54) is 4.90 Å². The lowest BCUT2D eigenvalue weighted by Gasteiger charge is -2.44. The highest BCUT2D eigenvalue weighted by atomic mass is 32.2. The highest BCUT2D eigenvalue weighted by molar-refractivity contribution is 7.98. The Balaban J connectivity index is 3.56. The number of carbonyl (C=O) groups excluding carboxylic acids is 4. The Bertz CT molecular complexity index is 1040. The van der Waals surface area contributed by atoms with Crippen LogP contribution in [0, 0.1) is 12.3 Å². The van der Waals surface area contributed by atoms with Crippen LogP contribution in [0.1, 0.15) is 84.9 Å². The zero-order valence-corrected chi connectivity index (χ0v) is 25.9. The minimum atomic E-state index is -1.06. The fourth-order valence-electron chi connectivity index (χ4n) is 3.85. The van der Waals surface area contributed by atoms with Crippen LogP contribution in [0.5, 0.6) is 0 Å². The SMILES string of the molecule is C#Cc1ccc(C(C(=O)NCCC(=O)OCC)N(C(=O)C(CCSC)NC(=O)OC(C)(C)C)C(C)(C)CC)cc1. The third-order valence-corrected chi connectivity index (χ3v) is 6.83. The zero-order valence-electron chi connectivity index (χ0n) is 25.1. The highest BCUT2D eigenvalue weighted by Gasteiger charge is 2.43. The Morgan fingerprint density at radius 2 is 1.70 bits per heavy atom. The molecule has 2 N–H and O–H groups in total. The van der Waals surface area contributed by atoms with Crippen molar-refractivity contribution < 1.29 is 28.7 Å². The number of carbonyl (C=O) groups is 4. The second kappa shape index (κ2) is 16.2. The third kappa shape index (κ3) is 11.1. The van der Waals surface area contributed by atoms with Crippen molar-refractivity contribution in [2.24, 2.45) is 0 Å². The molecular formula is C30H45N3O6S. The van der Waals surface area contributed by atoms with Gasteiger partial charge in [-0.15, -0.1) is 6.42 Å². The minimum Gasteiger partial charge on any atom is -0.466 e. The van der Waals surface area contributed by atoms with Gasteiger partial charge in [-0.05, 0) is 84.1 Å². The molecular weight excluding hydrogens is 530 g/mol. The van der Waals surface area contributed by atoms with E-state index in [4.69, 9.17) is 15.9 Å². The van der Waals surface area contributed by atoms with Crippen molar-refractivity contribution in [2.45, 2.75) is 91.0 Å². The molecule has 0 saturated heterocycles. The topological polar surface area (TPSA) is 114 Å². The van der Waals surface area contributed by atoms with Crippen molar-refractivity contribution in [3.63, 3.8) is 0 Å². The first kappa shape index (κ1) is 34.8. The molecule has 0 fully saturated rings. The van der Waals surface area contributed by atoms with Crippen molar-refractivity contribution in [3.05, 3.63) is 35.4 Å². The lowest BCUT2D eigenvalue weighted by molar-refractivity contribution is -0.149. The van der Waals surface area contributed by atoms with Crippen LogP contribution < -0.4 is 10.6 Å². The molecule has 0 aliphatic carbocycles. The van der Waals surface area contributed by atoms with Gasteiger partial charge in [-0.1, -0.05) is 25.0 Å². The monoisotopic (exact) mass is 575 g/mol. The van der Waals surface area contributed by atoms with E-state index in [1.54, 1.807) is 63.7 Å². The zero-order chi connectivity index (χ0) is 30.5. The molecule has 10 heteroatoms. The Morgan fingerprint density at radius 1 is 1.07 bits per heavy atom. The summed E-state index contributed by atoms with van der Waals surface area (Å²) in [4.78, 5) is 54.2. The second-order valence-corrected chi connectivity index (χ2v) is 11.9. The molecule has 0 radical (unpaired) electrons. The number of esters is 1. The average Bonchev–Trinajstić information content (AvgIpc) is 2.88. The number of alkyl carbamates (subject to hydrolysis) is 1. The Morgan fingerprint density at radius 3 is 2.20 bits per heavy atom. The van der Waals surface area contributed by atoms with Crippen LogP contribution in [0.25, 0.3) is 0 Å². The molecule has 1 aromatic carbocycles. The molecule has 0 spiro atoms. The number of thioether (sulfide) groups is 1. The molecule has 40 heavy (non-hydrogen) atoms. The largest absolute Gasteiger partial charge is 0.466 e. The van der Waals surface area contributed by atoms with Crippen LogP contribution in [0.4, 0.5) is 4.79 Å². The predicted molar refractivity (Wildman–Crippen MR) is 159 cm³/mol. The molecule has 3 amide bonds. The van der Waals surface area contributed by atoms with Crippen LogP contribution in [-0.2, 0) is 23.9 Å². The first-order valence-electron chi connectivity index (χ1n) is 13.5. The quantitative estimate of drug-likeness (QED) is 0.249. The number of hydrogen-bond acceptors (Lipinski definition) is 7. The lowest BCUT2D eigenvalue weighted by Crippen LogP contribution is -2.59. The molecule has 0 aromatic heterocycles. The summed E-state index contributed by atoms with van der Waals surface area (Å²) in [6, 6.07) is 4.85.